The van der Waals surface area contributed by atoms with E-state index in [1.165, 1.54) is 0 Å². The number of hydrogen-bond acceptors (Lipinski definition) is 7. The number of nitrogen functional groups attached to an aromatic ring is 1. The van der Waals surface area contributed by atoms with Gasteiger partial charge in [-0.1, -0.05) is 6.08 Å². The highest BCUT2D eigenvalue weighted by molar-refractivity contribution is 6.10. The summed E-state index contributed by atoms with van der Waals surface area (Å²) in [6, 6.07) is 1.73. The molecule has 1 fully saturated rings. The summed E-state index contributed by atoms with van der Waals surface area (Å²) >= 11 is 0. The smallest absolute Gasteiger partial charge is 0.217 e. The van der Waals surface area contributed by atoms with Crippen LogP contribution in [0.4, 0.5) is 5.69 Å². The largest absolute Gasteiger partial charge is 0.474 e. The molecule has 1 unspecified atom stereocenters. The van der Waals surface area contributed by atoms with Crippen LogP contribution >= 0.6 is 0 Å². The van der Waals surface area contributed by atoms with E-state index in [1.807, 2.05) is 18.2 Å². The van der Waals surface area contributed by atoms with Crippen LogP contribution in [0.2, 0.25) is 0 Å². The Hall–Kier alpha value is -2.67. The second kappa shape index (κ2) is 6.45. The predicted octanol–water partition coefficient (Wildman–Crippen LogP) is 1.39. The number of allylic oxidation sites excluding steroid dienone is 1. The lowest BCUT2D eigenvalue weighted by Gasteiger charge is -2.28. The van der Waals surface area contributed by atoms with E-state index < -0.39 is 0 Å². The summed E-state index contributed by atoms with van der Waals surface area (Å²) in [5.74, 6) is 0.667. The first-order chi connectivity index (χ1) is 11.8. The second-order valence-corrected chi connectivity index (χ2v) is 5.87. The van der Waals surface area contributed by atoms with Gasteiger partial charge in [-0.05, 0) is 12.1 Å². The second-order valence-electron chi connectivity index (χ2n) is 5.87. The van der Waals surface area contributed by atoms with E-state index in [2.05, 4.69) is 15.3 Å². The number of hydrogen-bond donors (Lipinski definition) is 2. The summed E-state index contributed by atoms with van der Waals surface area (Å²) in [7, 11) is 0. The Kier molecular flexibility index (Phi) is 4.00. The molecule has 3 aliphatic heterocycles. The fourth-order valence-electron chi connectivity index (χ4n) is 2.88. The van der Waals surface area contributed by atoms with E-state index in [9.17, 15) is 0 Å². The van der Waals surface area contributed by atoms with Crippen LogP contribution in [0.15, 0.2) is 52.2 Å². The minimum Gasteiger partial charge on any atom is -0.474 e. The van der Waals surface area contributed by atoms with Crippen LogP contribution in [0.1, 0.15) is 18.4 Å². The zero-order valence-electron chi connectivity index (χ0n) is 13.2. The third-order valence-corrected chi connectivity index (χ3v) is 4.13. The molecule has 1 saturated heterocycles. The van der Waals surface area contributed by atoms with Crippen molar-refractivity contribution in [3.63, 3.8) is 0 Å². The average molecular weight is 325 g/mol. The van der Waals surface area contributed by atoms with Crippen LogP contribution in [0.3, 0.4) is 0 Å². The molecular formula is C17H19N5O2. The van der Waals surface area contributed by atoms with Crippen LogP contribution in [0, 0.1) is 0 Å². The molecule has 0 amide bonds. The molecule has 0 aromatic carbocycles. The molecular weight excluding hydrogens is 306 g/mol. The highest BCUT2D eigenvalue weighted by Gasteiger charge is 2.26. The number of nitrogens with two attached hydrogens (primary N) is 1. The monoisotopic (exact) mass is 325 g/mol. The van der Waals surface area contributed by atoms with Crippen LogP contribution in [-0.2, 0) is 9.47 Å². The normalized spacial score (nSPS) is 23.5. The van der Waals surface area contributed by atoms with Crippen molar-refractivity contribution in [2.75, 3.05) is 18.9 Å². The number of fused-ring (bicyclic) bond motifs is 1. The van der Waals surface area contributed by atoms with Crippen LogP contribution in [-0.4, -0.2) is 42.4 Å². The van der Waals surface area contributed by atoms with Crippen LogP contribution < -0.4 is 11.1 Å². The zero-order chi connectivity index (χ0) is 16.4. The van der Waals surface area contributed by atoms with Gasteiger partial charge in [-0.25, -0.2) is 4.99 Å². The summed E-state index contributed by atoms with van der Waals surface area (Å²) in [6.07, 6.45) is 10.9. The van der Waals surface area contributed by atoms with E-state index in [-0.39, 0.29) is 12.1 Å². The highest BCUT2D eigenvalue weighted by Crippen LogP contribution is 2.25. The molecule has 3 N–H and O–H groups in total. The van der Waals surface area contributed by atoms with Gasteiger partial charge in [-0.15, -0.1) is 0 Å². The Labute approximate surface area is 140 Å². The Morgan fingerprint density at radius 2 is 2.12 bits per heavy atom. The molecule has 24 heavy (non-hydrogen) atoms. The molecule has 0 saturated carbocycles. The highest BCUT2D eigenvalue weighted by atomic mass is 16.5. The van der Waals surface area contributed by atoms with Crippen molar-refractivity contribution in [3.05, 3.63) is 47.8 Å². The average Bonchev–Trinajstić information content (AvgIpc) is 2.63. The fraction of sp³-hybridized carbons (Fsp3) is 0.353. The number of nitrogens with one attached hydrogen (secondary N) is 1. The molecule has 0 radical (unpaired) electrons. The van der Waals surface area contributed by atoms with Crippen molar-refractivity contribution >= 4 is 17.7 Å². The third kappa shape index (κ3) is 3.03. The summed E-state index contributed by atoms with van der Waals surface area (Å²) < 4.78 is 11.5. The molecule has 3 aliphatic rings. The molecule has 1 aromatic rings. The first-order valence-electron chi connectivity index (χ1n) is 8.04. The zero-order valence-corrected chi connectivity index (χ0v) is 13.2. The van der Waals surface area contributed by atoms with Crippen LogP contribution in [0.5, 0.6) is 0 Å². The SMILES string of the molecule is Nc1cncc(C2=NC3=C(OC4CCOCC4)NC=NC3C=C2)c1. The molecule has 7 nitrogen and oxygen atoms in total. The van der Waals surface area contributed by atoms with E-state index in [0.717, 1.165) is 43.0 Å². The Balaban J connectivity index is 1.63. The number of aliphatic imine (C=N–C) groups is 2. The number of rotatable bonds is 3. The lowest BCUT2D eigenvalue weighted by molar-refractivity contribution is -0.00808. The number of dihydropyridines is 1. The maximum absolute atomic E-state index is 6.13. The van der Waals surface area contributed by atoms with E-state index >= 15 is 0 Å². The number of ether oxygens (including phenoxy) is 2. The molecule has 7 heteroatoms. The van der Waals surface area contributed by atoms with Crippen LogP contribution in [0.25, 0.3) is 0 Å². The quantitative estimate of drug-likeness (QED) is 0.876. The van der Waals surface area contributed by atoms with Gasteiger partial charge < -0.3 is 20.5 Å². The van der Waals surface area contributed by atoms with E-state index in [4.69, 9.17) is 20.2 Å². The number of anilines is 1. The molecule has 1 atom stereocenters. The van der Waals surface area contributed by atoms with Gasteiger partial charge in [0.15, 0.2) is 0 Å². The number of aromatic nitrogens is 1. The number of nitrogens with zero attached hydrogens (tertiary/aromatic N) is 3. The summed E-state index contributed by atoms with van der Waals surface area (Å²) in [5, 5.41) is 3.09. The van der Waals surface area contributed by atoms with E-state index in [0.29, 0.717) is 11.6 Å². The van der Waals surface area contributed by atoms with Crippen molar-refractivity contribution in [2.24, 2.45) is 9.98 Å². The molecule has 1 aromatic heterocycles. The van der Waals surface area contributed by atoms with Crippen molar-refractivity contribution in [3.8, 4) is 0 Å². The van der Waals surface area contributed by atoms with Crippen molar-refractivity contribution in [1.82, 2.24) is 10.3 Å². The Morgan fingerprint density at radius 3 is 2.96 bits per heavy atom. The lowest BCUT2D eigenvalue weighted by Crippen LogP contribution is -2.32. The number of pyridine rings is 1. The van der Waals surface area contributed by atoms with Crippen molar-refractivity contribution in [2.45, 2.75) is 25.0 Å². The van der Waals surface area contributed by atoms with Gasteiger partial charge in [0.1, 0.15) is 17.8 Å². The summed E-state index contributed by atoms with van der Waals surface area (Å²) in [6.45, 7) is 1.46. The minimum atomic E-state index is -0.126. The first-order valence-corrected chi connectivity index (χ1v) is 8.04. The molecule has 0 spiro atoms. The topological polar surface area (TPSA) is 94.1 Å². The van der Waals surface area contributed by atoms with Gasteiger partial charge in [0.25, 0.3) is 0 Å². The molecule has 0 aliphatic carbocycles. The minimum absolute atomic E-state index is 0.126. The molecule has 4 rings (SSSR count). The van der Waals surface area contributed by atoms with Gasteiger partial charge >= 0.3 is 0 Å². The van der Waals surface area contributed by atoms with Gasteiger partial charge in [0.2, 0.25) is 5.88 Å². The van der Waals surface area contributed by atoms with Gasteiger partial charge in [-0.3, -0.25) is 9.98 Å². The lowest BCUT2D eigenvalue weighted by atomic mass is 10.0. The Morgan fingerprint density at radius 1 is 1.25 bits per heavy atom. The van der Waals surface area contributed by atoms with Gasteiger partial charge in [0, 0.05) is 30.8 Å². The van der Waals surface area contributed by atoms with Gasteiger partial charge in [0.05, 0.1) is 31.0 Å². The standard InChI is InChI=1S/C17H19N5O2/c18-12-7-11(8-19-9-12)14-1-2-15-16(22-14)17(21-10-20-15)24-13-3-5-23-6-4-13/h1-2,7-10,13,15H,3-6,18H2,(H,20,21). The summed E-state index contributed by atoms with van der Waals surface area (Å²) in [5.41, 5.74) is 8.88. The first kappa shape index (κ1) is 14.9. The van der Waals surface area contributed by atoms with E-state index in [1.54, 1.807) is 18.7 Å². The maximum atomic E-state index is 6.13. The van der Waals surface area contributed by atoms with Crippen molar-refractivity contribution in [1.29, 1.82) is 0 Å². The van der Waals surface area contributed by atoms with Crippen molar-refractivity contribution < 1.29 is 9.47 Å². The fourth-order valence-corrected chi connectivity index (χ4v) is 2.88. The maximum Gasteiger partial charge on any atom is 0.217 e. The Bertz CT molecular complexity index is 747. The predicted molar refractivity (Wildman–Crippen MR) is 91.7 cm³/mol. The third-order valence-electron chi connectivity index (χ3n) is 4.13. The molecule has 0 bridgehead atoms. The molecule has 4 heterocycles. The van der Waals surface area contributed by atoms with Gasteiger partial charge in [-0.2, -0.15) is 0 Å². The summed E-state index contributed by atoms with van der Waals surface area (Å²) in [4.78, 5) is 13.3. The molecule has 124 valence electrons.